The first-order valence-electron chi connectivity index (χ1n) is 6.89. The molecule has 2 aliphatic rings. The molecular formula is C15H21NOS. The van der Waals surface area contributed by atoms with Crippen molar-refractivity contribution in [2.75, 3.05) is 24.2 Å². The van der Waals surface area contributed by atoms with E-state index >= 15 is 0 Å². The van der Waals surface area contributed by atoms with E-state index in [1.54, 1.807) is 0 Å². The quantitative estimate of drug-likeness (QED) is 0.898. The average molecular weight is 263 g/mol. The van der Waals surface area contributed by atoms with Gasteiger partial charge in [0.25, 0.3) is 0 Å². The molecule has 0 bridgehead atoms. The molecule has 0 spiro atoms. The van der Waals surface area contributed by atoms with E-state index in [0.29, 0.717) is 4.75 Å². The predicted octanol–water partition coefficient (Wildman–Crippen LogP) is 3.71. The van der Waals surface area contributed by atoms with Gasteiger partial charge in [-0.05, 0) is 50.5 Å². The number of ether oxygens (including phenoxy) is 1. The minimum absolute atomic E-state index is 0.324. The zero-order valence-electron chi connectivity index (χ0n) is 11.0. The van der Waals surface area contributed by atoms with Crippen LogP contribution >= 0.6 is 11.8 Å². The van der Waals surface area contributed by atoms with Gasteiger partial charge in [-0.1, -0.05) is 6.07 Å². The molecule has 0 saturated carbocycles. The van der Waals surface area contributed by atoms with Gasteiger partial charge in [0.1, 0.15) is 12.4 Å². The Morgan fingerprint density at radius 1 is 1.39 bits per heavy atom. The molecule has 3 rings (SSSR count). The maximum absolute atomic E-state index is 6.13. The number of benzene rings is 1. The number of thioether (sulfide) groups is 1. The lowest BCUT2D eigenvalue weighted by molar-refractivity contribution is 0.273. The fourth-order valence-electron chi connectivity index (χ4n) is 2.79. The first-order valence-corrected chi connectivity index (χ1v) is 7.88. The van der Waals surface area contributed by atoms with Crippen LogP contribution in [0.25, 0.3) is 0 Å². The summed E-state index contributed by atoms with van der Waals surface area (Å²) in [6, 6.07) is 6.37. The number of hydrogen-bond donors (Lipinski definition) is 1. The van der Waals surface area contributed by atoms with E-state index in [1.165, 1.54) is 36.3 Å². The first-order chi connectivity index (χ1) is 8.77. The number of nitrogens with one attached hydrogen (secondary N) is 1. The zero-order chi connectivity index (χ0) is 12.4. The van der Waals surface area contributed by atoms with Crippen molar-refractivity contribution < 1.29 is 4.74 Å². The Morgan fingerprint density at radius 3 is 3.17 bits per heavy atom. The molecular weight excluding hydrogens is 242 g/mol. The van der Waals surface area contributed by atoms with Gasteiger partial charge < -0.3 is 10.1 Å². The molecule has 98 valence electrons. The summed E-state index contributed by atoms with van der Waals surface area (Å²) in [6.07, 6.45) is 4.96. The van der Waals surface area contributed by atoms with Gasteiger partial charge in [-0.15, -0.1) is 0 Å². The van der Waals surface area contributed by atoms with Crippen molar-refractivity contribution >= 4 is 17.4 Å². The van der Waals surface area contributed by atoms with E-state index in [9.17, 15) is 0 Å². The van der Waals surface area contributed by atoms with Crippen molar-refractivity contribution in [3.05, 3.63) is 23.8 Å². The van der Waals surface area contributed by atoms with E-state index in [4.69, 9.17) is 4.74 Å². The summed E-state index contributed by atoms with van der Waals surface area (Å²) in [4.78, 5) is 0. The van der Waals surface area contributed by atoms with Crippen LogP contribution in [0.15, 0.2) is 18.2 Å². The minimum Gasteiger partial charge on any atom is -0.492 e. The molecule has 0 aliphatic carbocycles. The Bertz CT molecular complexity index is 427. The molecule has 0 aromatic heterocycles. The fourth-order valence-corrected chi connectivity index (χ4v) is 4.01. The molecule has 2 aliphatic heterocycles. The van der Waals surface area contributed by atoms with Crippen LogP contribution in [-0.4, -0.2) is 23.7 Å². The molecule has 1 saturated heterocycles. The summed E-state index contributed by atoms with van der Waals surface area (Å²) in [7, 11) is 0. The van der Waals surface area contributed by atoms with E-state index in [1.807, 2.05) is 0 Å². The predicted molar refractivity (Wildman–Crippen MR) is 78.8 cm³/mol. The average Bonchev–Trinajstić information content (AvgIpc) is 2.84. The van der Waals surface area contributed by atoms with Crippen LogP contribution in [0.4, 0.5) is 5.69 Å². The molecule has 1 unspecified atom stereocenters. The third-order valence-electron chi connectivity index (χ3n) is 3.89. The molecule has 3 heteroatoms. The maximum atomic E-state index is 6.13. The standard InChI is InChI=1S/C15H21NOS/c1-15(8-4-10-18-15)11-17-14-7-2-6-13-12(14)5-3-9-16-13/h2,6-7,16H,3-5,8-11H2,1H3. The van der Waals surface area contributed by atoms with Crippen LogP contribution < -0.4 is 10.1 Å². The van der Waals surface area contributed by atoms with Crippen molar-refractivity contribution in [2.45, 2.75) is 37.4 Å². The summed E-state index contributed by atoms with van der Waals surface area (Å²) >= 11 is 2.06. The molecule has 0 amide bonds. The Kier molecular flexibility index (Phi) is 3.42. The lowest BCUT2D eigenvalue weighted by Gasteiger charge is -2.26. The molecule has 1 N–H and O–H groups in total. The second-order valence-corrected chi connectivity index (χ2v) is 7.19. The molecule has 18 heavy (non-hydrogen) atoms. The number of anilines is 1. The van der Waals surface area contributed by atoms with Crippen LogP contribution in [0.1, 0.15) is 31.7 Å². The SMILES string of the molecule is CC1(COc2cccc3c2CCCN3)CCCS1. The van der Waals surface area contributed by atoms with Crippen LogP contribution in [0.5, 0.6) is 5.75 Å². The molecule has 2 heterocycles. The highest BCUT2D eigenvalue weighted by Crippen LogP contribution is 2.39. The normalized spacial score (nSPS) is 26.5. The Morgan fingerprint density at radius 2 is 2.33 bits per heavy atom. The Hall–Kier alpha value is -0.830. The Labute approximate surface area is 113 Å². The molecule has 1 fully saturated rings. The highest BCUT2D eigenvalue weighted by Gasteiger charge is 2.30. The summed E-state index contributed by atoms with van der Waals surface area (Å²) in [5.41, 5.74) is 2.64. The second-order valence-electron chi connectivity index (χ2n) is 5.50. The molecule has 1 aromatic rings. The van der Waals surface area contributed by atoms with Crippen LogP contribution in [0.2, 0.25) is 0 Å². The molecule has 0 radical (unpaired) electrons. The fraction of sp³-hybridized carbons (Fsp3) is 0.600. The lowest BCUT2D eigenvalue weighted by Crippen LogP contribution is -2.26. The Balaban J connectivity index is 1.72. The van der Waals surface area contributed by atoms with Crippen molar-refractivity contribution in [1.29, 1.82) is 0 Å². The monoisotopic (exact) mass is 263 g/mol. The minimum atomic E-state index is 0.324. The number of rotatable bonds is 3. The van der Waals surface area contributed by atoms with Crippen molar-refractivity contribution in [2.24, 2.45) is 0 Å². The largest absolute Gasteiger partial charge is 0.492 e. The lowest BCUT2D eigenvalue weighted by atomic mass is 10.0. The van der Waals surface area contributed by atoms with Crippen molar-refractivity contribution in [3.63, 3.8) is 0 Å². The molecule has 1 aromatic carbocycles. The van der Waals surface area contributed by atoms with Gasteiger partial charge in [0, 0.05) is 22.5 Å². The van der Waals surface area contributed by atoms with Gasteiger partial charge in [-0.25, -0.2) is 0 Å². The summed E-state index contributed by atoms with van der Waals surface area (Å²) < 4.78 is 6.45. The second kappa shape index (κ2) is 5.04. The van der Waals surface area contributed by atoms with Crippen LogP contribution in [0, 0.1) is 0 Å². The highest BCUT2D eigenvalue weighted by atomic mass is 32.2. The number of hydrogen-bond acceptors (Lipinski definition) is 3. The number of fused-ring (bicyclic) bond motifs is 1. The summed E-state index contributed by atoms with van der Waals surface area (Å²) in [5, 5.41) is 3.46. The third-order valence-corrected chi connectivity index (χ3v) is 5.40. The van der Waals surface area contributed by atoms with Crippen LogP contribution in [0.3, 0.4) is 0 Å². The maximum Gasteiger partial charge on any atom is 0.124 e. The van der Waals surface area contributed by atoms with Crippen molar-refractivity contribution in [1.82, 2.24) is 0 Å². The molecule has 1 atom stereocenters. The van der Waals surface area contributed by atoms with E-state index in [2.05, 4.69) is 42.2 Å². The van der Waals surface area contributed by atoms with Gasteiger partial charge in [-0.2, -0.15) is 11.8 Å². The highest BCUT2D eigenvalue weighted by molar-refractivity contribution is 8.00. The zero-order valence-corrected chi connectivity index (χ0v) is 11.8. The van der Waals surface area contributed by atoms with E-state index < -0.39 is 0 Å². The van der Waals surface area contributed by atoms with Crippen LogP contribution in [-0.2, 0) is 6.42 Å². The topological polar surface area (TPSA) is 21.3 Å². The van der Waals surface area contributed by atoms with Gasteiger partial charge >= 0.3 is 0 Å². The smallest absolute Gasteiger partial charge is 0.124 e. The summed E-state index contributed by atoms with van der Waals surface area (Å²) in [6.45, 7) is 4.26. The van der Waals surface area contributed by atoms with Crippen molar-refractivity contribution in [3.8, 4) is 5.75 Å². The first kappa shape index (κ1) is 12.2. The van der Waals surface area contributed by atoms with Gasteiger partial charge in [0.2, 0.25) is 0 Å². The molecule has 2 nitrogen and oxygen atoms in total. The van der Waals surface area contributed by atoms with Gasteiger partial charge in [-0.3, -0.25) is 0 Å². The summed E-state index contributed by atoms with van der Waals surface area (Å²) in [5.74, 6) is 2.38. The van der Waals surface area contributed by atoms with E-state index in [0.717, 1.165) is 25.3 Å². The van der Waals surface area contributed by atoms with Gasteiger partial charge in [0.05, 0.1) is 0 Å². The van der Waals surface area contributed by atoms with E-state index in [-0.39, 0.29) is 0 Å². The van der Waals surface area contributed by atoms with Gasteiger partial charge in [0.15, 0.2) is 0 Å². The third kappa shape index (κ3) is 2.46.